The molecule has 1 aliphatic heterocycles. The van der Waals surface area contributed by atoms with Crippen LogP contribution in [0.5, 0.6) is 0 Å². The summed E-state index contributed by atoms with van der Waals surface area (Å²) in [6, 6.07) is 18.6. The van der Waals surface area contributed by atoms with Gasteiger partial charge in [-0.05, 0) is 37.5 Å². The summed E-state index contributed by atoms with van der Waals surface area (Å²) in [6.45, 7) is 4.71. The Morgan fingerprint density at radius 1 is 1.00 bits per heavy atom. The van der Waals surface area contributed by atoms with Gasteiger partial charge in [0.15, 0.2) is 0 Å². The second-order valence-corrected chi connectivity index (χ2v) is 7.60. The predicted octanol–water partition coefficient (Wildman–Crippen LogP) is 4.52. The number of hydrazine groups is 1. The van der Waals surface area contributed by atoms with Gasteiger partial charge >= 0.3 is 0 Å². The van der Waals surface area contributed by atoms with E-state index in [1.807, 2.05) is 23.2 Å². The number of carbonyl (C=O) groups excluding carboxylic acids is 1. The van der Waals surface area contributed by atoms with Crippen LogP contribution >= 0.6 is 11.8 Å². The van der Waals surface area contributed by atoms with E-state index in [-0.39, 0.29) is 5.91 Å². The largest absolute Gasteiger partial charge is 0.272 e. The lowest BCUT2D eigenvalue weighted by Crippen LogP contribution is -2.49. The second kappa shape index (κ2) is 9.07. The van der Waals surface area contributed by atoms with E-state index in [4.69, 9.17) is 0 Å². The molecule has 0 atom stereocenters. The van der Waals surface area contributed by atoms with Crippen molar-refractivity contribution < 1.29 is 4.79 Å². The highest BCUT2D eigenvalue weighted by molar-refractivity contribution is 8.00. The molecule has 132 valence electrons. The van der Waals surface area contributed by atoms with E-state index >= 15 is 0 Å². The van der Waals surface area contributed by atoms with Crippen molar-refractivity contribution in [1.29, 1.82) is 0 Å². The van der Waals surface area contributed by atoms with Crippen LogP contribution in [0.4, 0.5) is 0 Å². The van der Waals surface area contributed by atoms with Crippen LogP contribution in [0.15, 0.2) is 59.5 Å². The molecule has 1 amide bonds. The van der Waals surface area contributed by atoms with Crippen molar-refractivity contribution in [3.8, 4) is 0 Å². The molecule has 1 heterocycles. The van der Waals surface area contributed by atoms with Crippen molar-refractivity contribution in [1.82, 2.24) is 10.0 Å². The molecule has 0 spiro atoms. The van der Waals surface area contributed by atoms with E-state index in [0.717, 1.165) is 18.0 Å². The van der Waals surface area contributed by atoms with E-state index in [9.17, 15) is 4.79 Å². The van der Waals surface area contributed by atoms with Gasteiger partial charge in [0.2, 0.25) is 5.91 Å². The summed E-state index contributed by atoms with van der Waals surface area (Å²) in [7, 11) is 0. The lowest BCUT2D eigenvalue weighted by atomic mass is 10.1. The second-order valence-electron chi connectivity index (χ2n) is 6.55. The van der Waals surface area contributed by atoms with Crippen LogP contribution in [0, 0.1) is 6.92 Å². The number of thioether (sulfide) groups is 1. The lowest BCUT2D eigenvalue weighted by molar-refractivity contribution is -0.149. The molecule has 0 bridgehead atoms. The zero-order chi connectivity index (χ0) is 17.5. The number of nitrogens with zero attached hydrogens (tertiary/aromatic N) is 2. The summed E-state index contributed by atoms with van der Waals surface area (Å²) >= 11 is 1.62. The molecule has 2 aromatic carbocycles. The number of carbonyl (C=O) groups is 1. The van der Waals surface area contributed by atoms with Crippen LogP contribution in [0.1, 0.15) is 30.4 Å². The quantitative estimate of drug-likeness (QED) is 0.713. The molecule has 0 N–H and O–H groups in total. The van der Waals surface area contributed by atoms with Gasteiger partial charge in [0.05, 0.1) is 12.3 Å². The van der Waals surface area contributed by atoms with E-state index < -0.39 is 0 Å². The van der Waals surface area contributed by atoms with E-state index in [1.54, 1.807) is 11.8 Å². The van der Waals surface area contributed by atoms with Crippen LogP contribution in [0.3, 0.4) is 0 Å². The third-order valence-corrected chi connectivity index (χ3v) is 5.52. The Hall–Kier alpha value is -1.78. The van der Waals surface area contributed by atoms with Crippen LogP contribution < -0.4 is 0 Å². The van der Waals surface area contributed by atoms with Crippen molar-refractivity contribution in [3.63, 3.8) is 0 Å². The smallest absolute Gasteiger partial charge is 0.247 e. The minimum absolute atomic E-state index is 0.191. The Balaban J connectivity index is 1.68. The minimum atomic E-state index is 0.191. The zero-order valence-electron chi connectivity index (χ0n) is 14.9. The molecule has 2 aromatic rings. The van der Waals surface area contributed by atoms with Gasteiger partial charge in [0, 0.05) is 18.0 Å². The third-order valence-electron chi connectivity index (χ3n) is 4.52. The maximum Gasteiger partial charge on any atom is 0.247 e. The first-order chi connectivity index (χ1) is 12.2. The Morgan fingerprint density at radius 2 is 1.68 bits per heavy atom. The number of aryl methyl sites for hydroxylation is 1. The standard InChI is InChI=1S/C21H26N2OS/c1-18-10-12-19(13-11-18)16-23(22-14-6-3-7-15-22)21(24)17-25-20-8-4-2-5-9-20/h2,4-5,8-13H,3,6-7,14-17H2,1H3. The SMILES string of the molecule is Cc1ccc(CN(C(=O)CSc2ccccc2)N2CCCCC2)cc1. The highest BCUT2D eigenvalue weighted by Gasteiger charge is 2.23. The Labute approximate surface area is 155 Å². The molecule has 1 saturated heterocycles. The average molecular weight is 355 g/mol. The molecule has 1 aliphatic rings. The molecule has 3 rings (SSSR count). The fourth-order valence-electron chi connectivity index (χ4n) is 3.07. The van der Waals surface area contributed by atoms with Crippen molar-refractivity contribution in [3.05, 3.63) is 65.7 Å². The number of amides is 1. The third kappa shape index (κ3) is 5.35. The normalized spacial score (nSPS) is 15.1. The van der Waals surface area contributed by atoms with Crippen molar-refractivity contribution in [2.75, 3.05) is 18.8 Å². The van der Waals surface area contributed by atoms with E-state index in [2.05, 4.69) is 48.3 Å². The topological polar surface area (TPSA) is 23.6 Å². The fraction of sp³-hybridized carbons (Fsp3) is 0.381. The van der Waals surface area contributed by atoms with Gasteiger partial charge in [0.25, 0.3) is 0 Å². The number of benzene rings is 2. The van der Waals surface area contributed by atoms with Gasteiger partial charge in [-0.2, -0.15) is 0 Å². The van der Waals surface area contributed by atoms with Gasteiger partial charge in [-0.3, -0.25) is 9.80 Å². The molecular weight excluding hydrogens is 328 g/mol. The van der Waals surface area contributed by atoms with Crippen molar-refractivity contribution in [2.45, 2.75) is 37.6 Å². The molecular formula is C21H26N2OS. The predicted molar refractivity (Wildman–Crippen MR) is 104 cm³/mol. The van der Waals surface area contributed by atoms with Gasteiger partial charge in [0.1, 0.15) is 0 Å². The van der Waals surface area contributed by atoms with Gasteiger partial charge in [-0.15, -0.1) is 11.8 Å². The first-order valence-corrected chi connectivity index (χ1v) is 9.99. The van der Waals surface area contributed by atoms with Gasteiger partial charge in [-0.25, -0.2) is 5.01 Å². The number of hydrogen-bond donors (Lipinski definition) is 0. The minimum Gasteiger partial charge on any atom is -0.272 e. The van der Waals surface area contributed by atoms with E-state index in [1.165, 1.54) is 30.4 Å². The van der Waals surface area contributed by atoms with Crippen molar-refractivity contribution in [2.24, 2.45) is 0 Å². The number of piperidine rings is 1. The van der Waals surface area contributed by atoms with E-state index in [0.29, 0.717) is 12.3 Å². The number of hydrogen-bond acceptors (Lipinski definition) is 3. The fourth-order valence-corrected chi connectivity index (χ4v) is 3.86. The highest BCUT2D eigenvalue weighted by atomic mass is 32.2. The first kappa shape index (κ1) is 18.0. The van der Waals surface area contributed by atoms with Crippen LogP contribution in [0.2, 0.25) is 0 Å². The van der Waals surface area contributed by atoms with Crippen molar-refractivity contribution >= 4 is 17.7 Å². The molecule has 0 unspecified atom stereocenters. The molecule has 0 aliphatic carbocycles. The van der Waals surface area contributed by atoms with Gasteiger partial charge < -0.3 is 0 Å². The average Bonchev–Trinajstić information content (AvgIpc) is 2.67. The summed E-state index contributed by atoms with van der Waals surface area (Å²) in [4.78, 5) is 14.1. The summed E-state index contributed by atoms with van der Waals surface area (Å²) in [6.07, 6.45) is 3.61. The molecule has 25 heavy (non-hydrogen) atoms. The summed E-state index contributed by atoms with van der Waals surface area (Å²) < 4.78 is 0. The summed E-state index contributed by atoms with van der Waals surface area (Å²) in [5, 5.41) is 4.22. The molecule has 0 saturated carbocycles. The molecule has 0 radical (unpaired) electrons. The maximum absolute atomic E-state index is 13.0. The summed E-state index contributed by atoms with van der Waals surface area (Å²) in [5.41, 5.74) is 2.44. The number of rotatable bonds is 6. The first-order valence-electron chi connectivity index (χ1n) is 9.01. The highest BCUT2D eigenvalue weighted by Crippen LogP contribution is 2.21. The molecule has 0 aromatic heterocycles. The Morgan fingerprint density at radius 3 is 2.36 bits per heavy atom. The van der Waals surface area contributed by atoms with Gasteiger partial charge in [-0.1, -0.05) is 54.4 Å². The summed E-state index contributed by atoms with van der Waals surface area (Å²) in [5.74, 6) is 0.670. The van der Waals surface area contributed by atoms with Crippen LogP contribution in [-0.4, -0.2) is 34.8 Å². The molecule has 4 heteroatoms. The zero-order valence-corrected chi connectivity index (χ0v) is 15.7. The maximum atomic E-state index is 13.0. The Kier molecular flexibility index (Phi) is 6.54. The van der Waals surface area contributed by atoms with Crippen LogP contribution in [-0.2, 0) is 11.3 Å². The molecule has 3 nitrogen and oxygen atoms in total. The molecule has 1 fully saturated rings. The monoisotopic (exact) mass is 354 g/mol. The lowest BCUT2D eigenvalue weighted by Gasteiger charge is -2.37. The van der Waals surface area contributed by atoms with Crippen LogP contribution in [0.25, 0.3) is 0 Å². The Bertz CT molecular complexity index is 666.